The van der Waals surface area contributed by atoms with Crippen molar-refractivity contribution in [3.05, 3.63) is 140 Å². The van der Waals surface area contributed by atoms with Gasteiger partial charge in [0.1, 0.15) is 16.7 Å². The first-order valence-electron chi connectivity index (χ1n) is 15.3. The molecule has 9 rings (SSSR count). The SMILES string of the molecule is c1ccc(-c2nc3ccc(-c4nc(-c5ccc6nc(-c7ccccc7)oc6c5)nc(-c5cccc(-c6ccccn6)n5)n4)cc3o2)cc1. The van der Waals surface area contributed by atoms with E-state index in [1.54, 1.807) is 6.20 Å². The molecule has 0 saturated heterocycles. The molecule has 4 aromatic carbocycles. The van der Waals surface area contributed by atoms with E-state index in [2.05, 4.69) is 15.0 Å². The molecule has 0 unspecified atom stereocenters. The molecule has 9 nitrogen and oxygen atoms in total. The Kier molecular flexibility index (Phi) is 6.57. The van der Waals surface area contributed by atoms with E-state index in [9.17, 15) is 0 Å². The maximum atomic E-state index is 6.18. The van der Waals surface area contributed by atoms with Gasteiger partial charge < -0.3 is 8.83 Å². The Hall–Kier alpha value is -6.87. The van der Waals surface area contributed by atoms with E-state index >= 15 is 0 Å². The van der Waals surface area contributed by atoms with Gasteiger partial charge in [-0.1, -0.05) is 48.5 Å². The maximum Gasteiger partial charge on any atom is 0.227 e. The van der Waals surface area contributed by atoms with E-state index in [0.717, 1.165) is 39.0 Å². The quantitative estimate of drug-likeness (QED) is 0.179. The molecule has 0 bridgehead atoms. The smallest absolute Gasteiger partial charge is 0.227 e. The molecule has 0 saturated carbocycles. The second kappa shape index (κ2) is 11.5. The number of hydrogen-bond acceptors (Lipinski definition) is 9. The van der Waals surface area contributed by atoms with E-state index in [-0.39, 0.29) is 0 Å². The summed E-state index contributed by atoms with van der Waals surface area (Å²) in [5, 5.41) is 0. The summed E-state index contributed by atoms with van der Waals surface area (Å²) in [6.07, 6.45) is 1.74. The average Bonchev–Trinajstić information content (AvgIpc) is 3.80. The van der Waals surface area contributed by atoms with Gasteiger partial charge in [-0.15, -0.1) is 0 Å². The summed E-state index contributed by atoms with van der Waals surface area (Å²) >= 11 is 0. The fraction of sp³-hybridized carbons (Fsp3) is 0. The number of benzene rings is 4. The van der Waals surface area contributed by atoms with Crippen molar-refractivity contribution < 1.29 is 8.83 Å². The molecule has 5 heterocycles. The minimum atomic E-state index is 0.415. The van der Waals surface area contributed by atoms with Crippen LogP contribution in [0, 0.1) is 0 Å². The van der Waals surface area contributed by atoms with Gasteiger partial charge in [0.25, 0.3) is 0 Å². The third-order valence-corrected chi connectivity index (χ3v) is 7.88. The Balaban J connectivity index is 1.18. The first-order chi connectivity index (χ1) is 23.7. The van der Waals surface area contributed by atoms with Gasteiger partial charge in [0, 0.05) is 28.5 Å². The molecule has 0 radical (unpaired) electrons. The minimum Gasteiger partial charge on any atom is -0.436 e. The molecule has 9 aromatic rings. The lowest BCUT2D eigenvalue weighted by molar-refractivity contribution is 0.619. The van der Waals surface area contributed by atoms with Gasteiger partial charge in [0.15, 0.2) is 28.6 Å². The molecule has 0 aliphatic rings. The van der Waals surface area contributed by atoms with Gasteiger partial charge in [-0.3, -0.25) is 4.98 Å². The Morgan fingerprint density at radius 1 is 0.354 bits per heavy atom. The van der Waals surface area contributed by atoms with Crippen molar-refractivity contribution in [1.82, 2.24) is 34.9 Å². The standard InChI is InChI=1S/C39H23N7O2/c1-3-10-24(11-4-1)38-42-30-19-17-26(22-33(30)47-38)35-44-36(27-18-20-31-34(23-27)48-39(43-31)25-12-5-2-6-13-25)46-37(45-35)32-16-9-15-29(41-32)28-14-7-8-21-40-28/h1-23H. The summed E-state index contributed by atoms with van der Waals surface area (Å²) in [5.41, 5.74) is 8.07. The lowest BCUT2D eigenvalue weighted by Gasteiger charge is -2.09. The largest absolute Gasteiger partial charge is 0.436 e. The van der Waals surface area contributed by atoms with Gasteiger partial charge in [-0.05, 0) is 84.9 Å². The van der Waals surface area contributed by atoms with Crippen LogP contribution in [0.2, 0.25) is 0 Å². The zero-order valence-corrected chi connectivity index (χ0v) is 25.2. The first-order valence-corrected chi connectivity index (χ1v) is 15.3. The van der Waals surface area contributed by atoms with Gasteiger partial charge >= 0.3 is 0 Å². The molecule has 0 atom stereocenters. The van der Waals surface area contributed by atoms with Gasteiger partial charge in [-0.25, -0.2) is 29.9 Å². The number of pyridine rings is 2. The van der Waals surface area contributed by atoms with E-state index in [0.29, 0.717) is 51.8 Å². The maximum absolute atomic E-state index is 6.18. The lowest BCUT2D eigenvalue weighted by atomic mass is 10.1. The highest BCUT2D eigenvalue weighted by Crippen LogP contribution is 2.32. The summed E-state index contributed by atoms with van der Waals surface area (Å²) < 4.78 is 12.4. The summed E-state index contributed by atoms with van der Waals surface area (Å²) in [4.78, 5) is 33.5. The molecule has 226 valence electrons. The fourth-order valence-electron chi connectivity index (χ4n) is 5.50. The molecule has 5 aromatic heterocycles. The Morgan fingerprint density at radius 3 is 1.44 bits per heavy atom. The Labute approximate surface area is 273 Å². The van der Waals surface area contributed by atoms with Crippen molar-refractivity contribution in [1.29, 1.82) is 0 Å². The zero-order chi connectivity index (χ0) is 31.9. The number of nitrogens with zero attached hydrogens (tertiary/aromatic N) is 7. The monoisotopic (exact) mass is 621 g/mol. The van der Waals surface area contributed by atoms with E-state index in [1.807, 2.05) is 133 Å². The van der Waals surface area contributed by atoms with Crippen molar-refractivity contribution in [3.63, 3.8) is 0 Å². The van der Waals surface area contributed by atoms with Crippen LogP contribution >= 0.6 is 0 Å². The summed E-state index contributed by atoms with van der Waals surface area (Å²) in [6, 6.07) is 42.6. The Bertz CT molecular complexity index is 2430. The van der Waals surface area contributed by atoms with E-state index in [1.165, 1.54) is 0 Å². The molecular weight excluding hydrogens is 598 g/mol. The highest BCUT2D eigenvalue weighted by Gasteiger charge is 2.17. The van der Waals surface area contributed by atoms with Gasteiger partial charge in [0.05, 0.1) is 11.4 Å². The minimum absolute atomic E-state index is 0.415. The number of fused-ring (bicyclic) bond motifs is 2. The third-order valence-electron chi connectivity index (χ3n) is 7.88. The lowest BCUT2D eigenvalue weighted by Crippen LogP contribution is -2.01. The predicted octanol–water partition coefficient (Wildman–Crippen LogP) is 8.95. The molecular formula is C39H23N7O2. The van der Waals surface area contributed by atoms with Crippen molar-refractivity contribution >= 4 is 22.2 Å². The third kappa shape index (κ3) is 5.15. The van der Waals surface area contributed by atoms with Crippen LogP contribution in [0.25, 0.3) is 90.8 Å². The van der Waals surface area contributed by atoms with Gasteiger partial charge in [-0.2, -0.15) is 0 Å². The number of hydrogen-bond donors (Lipinski definition) is 0. The van der Waals surface area contributed by atoms with Crippen molar-refractivity contribution in [2.45, 2.75) is 0 Å². The molecule has 0 amide bonds. The van der Waals surface area contributed by atoms with Crippen LogP contribution in [0.15, 0.2) is 148 Å². The van der Waals surface area contributed by atoms with Crippen molar-refractivity contribution in [3.8, 4) is 68.6 Å². The number of aromatic nitrogens is 7. The number of rotatable bonds is 6. The zero-order valence-electron chi connectivity index (χ0n) is 25.2. The van der Waals surface area contributed by atoms with E-state index < -0.39 is 0 Å². The molecule has 0 fully saturated rings. The van der Waals surface area contributed by atoms with Gasteiger partial charge in [0.2, 0.25) is 11.8 Å². The first kappa shape index (κ1) is 27.4. The van der Waals surface area contributed by atoms with Crippen LogP contribution < -0.4 is 0 Å². The van der Waals surface area contributed by atoms with Crippen LogP contribution in [0.1, 0.15) is 0 Å². The second-order valence-corrected chi connectivity index (χ2v) is 11.1. The van der Waals surface area contributed by atoms with Crippen molar-refractivity contribution in [2.75, 3.05) is 0 Å². The van der Waals surface area contributed by atoms with Crippen LogP contribution in [-0.2, 0) is 0 Å². The molecule has 9 heteroatoms. The molecule has 0 aliphatic heterocycles. The summed E-state index contributed by atoms with van der Waals surface area (Å²) in [6.45, 7) is 0. The predicted molar refractivity (Wildman–Crippen MR) is 183 cm³/mol. The molecule has 0 N–H and O–H groups in total. The summed E-state index contributed by atoms with van der Waals surface area (Å²) in [7, 11) is 0. The average molecular weight is 622 g/mol. The fourth-order valence-corrected chi connectivity index (χ4v) is 5.50. The normalized spacial score (nSPS) is 11.3. The topological polar surface area (TPSA) is 117 Å². The van der Waals surface area contributed by atoms with Crippen LogP contribution in [0.4, 0.5) is 0 Å². The molecule has 0 spiro atoms. The highest BCUT2D eigenvalue weighted by molar-refractivity contribution is 5.83. The van der Waals surface area contributed by atoms with Crippen LogP contribution in [0.5, 0.6) is 0 Å². The highest BCUT2D eigenvalue weighted by atomic mass is 16.4. The van der Waals surface area contributed by atoms with Crippen LogP contribution in [-0.4, -0.2) is 34.9 Å². The van der Waals surface area contributed by atoms with Crippen molar-refractivity contribution in [2.24, 2.45) is 0 Å². The second-order valence-electron chi connectivity index (χ2n) is 11.1. The Morgan fingerprint density at radius 2 is 0.875 bits per heavy atom. The number of oxazole rings is 2. The molecule has 48 heavy (non-hydrogen) atoms. The van der Waals surface area contributed by atoms with E-state index in [4.69, 9.17) is 28.8 Å². The summed E-state index contributed by atoms with van der Waals surface area (Å²) in [5.74, 6) is 2.43. The van der Waals surface area contributed by atoms with Crippen LogP contribution in [0.3, 0.4) is 0 Å². The molecule has 0 aliphatic carbocycles.